The molecule has 0 saturated carbocycles. The highest BCUT2D eigenvalue weighted by atomic mass is 35.5. The molecule has 0 aromatic heterocycles. The molecule has 1 aromatic carbocycles. The van der Waals surface area contributed by atoms with Gasteiger partial charge >= 0.3 is 6.03 Å². The molecule has 2 saturated heterocycles. The molecule has 0 radical (unpaired) electrons. The van der Waals surface area contributed by atoms with Gasteiger partial charge in [-0.2, -0.15) is 0 Å². The van der Waals surface area contributed by atoms with Gasteiger partial charge in [-0.3, -0.25) is 15.1 Å². The summed E-state index contributed by atoms with van der Waals surface area (Å²) < 4.78 is 0. The largest absolute Gasteiger partial charge is 0.333 e. The summed E-state index contributed by atoms with van der Waals surface area (Å²) in [6, 6.07) is 6.52. The zero-order valence-corrected chi connectivity index (χ0v) is 15.8. The number of carbonyl (C=O) groups is 2. The zero-order valence-electron chi connectivity index (χ0n) is 15.1. The van der Waals surface area contributed by atoms with E-state index in [-0.39, 0.29) is 5.91 Å². The highest BCUT2D eigenvalue weighted by Crippen LogP contribution is 2.25. The molecular formula is C17H23ClN6O2. The van der Waals surface area contributed by atoms with Crippen molar-refractivity contribution in [2.24, 2.45) is 4.99 Å². The number of halogens is 1. The average molecular weight is 379 g/mol. The maximum atomic E-state index is 12.5. The Morgan fingerprint density at radius 2 is 2.00 bits per heavy atom. The number of fused-ring (bicyclic) bond motifs is 1. The lowest BCUT2D eigenvalue weighted by molar-refractivity contribution is -0.127. The Bertz CT molecular complexity index is 738. The molecule has 2 aliphatic rings. The molecule has 0 aliphatic carbocycles. The number of benzene rings is 1. The second kappa shape index (κ2) is 7.51. The number of amides is 3. The van der Waals surface area contributed by atoms with Crippen molar-refractivity contribution in [2.45, 2.75) is 18.8 Å². The Morgan fingerprint density at radius 3 is 2.69 bits per heavy atom. The van der Waals surface area contributed by atoms with Crippen molar-refractivity contribution in [1.29, 1.82) is 0 Å². The van der Waals surface area contributed by atoms with E-state index in [4.69, 9.17) is 11.6 Å². The predicted molar refractivity (Wildman–Crippen MR) is 99.9 cm³/mol. The molecule has 1 aromatic rings. The number of imide groups is 1. The van der Waals surface area contributed by atoms with E-state index in [1.54, 1.807) is 7.05 Å². The van der Waals surface area contributed by atoms with Crippen LogP contribution < -0.4 is 10.6 Å². The molecule has 26 heavy (non-hydrogen) atoms. The Balaban J connectivity index is 1.90. The van der Waals surface area contributed by atoms with Crippen LogP contribution in [0.2, 0.25) is 5.02 Å². The quantitative estimate of drug-likeness (QED) is 0.781. The Kier molecular flexibility index (Phi) is 5.33. The first-order valence-electron chi connectivity index (χ1n) is 8.42. The second-order valence-corrected chi connectivity index (χ2v) is 7.07. The predicted octanol–water partition coefficient (Wildman–Crippen LogP) is 0.539. The lowest BCUT2D eigenvalue weighted by Gasteiger charge is -2.35. The van der Waals surface area contributed by atoms with Gasteiger partial charge in [0.1, 0.15) is 6.17 Å². The Morgan fingerprint density at radius 1 is 1.27 bits per heavy atom. The van der Waals surface area contributed by atoms with Gasteiger partial charge in [0.15, 0.2) is 12.0 Å². The summed E-state index contributed by atoms with van der Waals surface area (Å²) >= 11 is 6.30. The van der Waals surface area contributed by atoms with E-state index in [2.05, 4.69) is 15.6 Å². The summed E-state index contributed by atoms with van der Waals surface area (Å²) in [5.74, 6) is 0.258. The van der Waals surface area contributed by atoms with Crippen LogP contribution in [0.1, 0.15) is 5.56 Å². The van der Waals surface area contributed by atoms with Crippen molar-refractivity contribution in [3.05, 3.63) is 34.9 Å². The van der Waals surface area contributed by atoms with Crippen LogP contribution in [0.15, 0.2) is 29.3 Å². The minimum Gasteiger partial charge on any atom is -0.333 e. The topological polar surface area (TPSA) is 80.3 Å². The summed E-state index contributed by atoms with van der Waals surface area (Å²) in [5, 5.41) is 6.25. The van der Waals surface area contributed by atoms with Crippen molar-refractivity contribution in [3.8, 4) is 0 Å². The molecule has 2 N–H and O–H groups in total. The minimum absolute atomic E-state index is 0.338. The normalized spacial score (nSPS) is 24.1. The third-order valence-corrected chi connectivity index (χ3v) is 4.90. The fraction of sp³-hybridized carbons (Fsp3) is 0.471. The van der Waals surface area contributed by atoms with Gasteiger partial charge in [0.05, 0.1) is 6.54 Å². The van der Waals surface area contributed by atoms with E-state index in [1.807, 2.05) is 48.2 Å². The zero-order chi connectivity index (χ0) is 18.8. The van der Waals surface area contributed by atoms with Gasteiger partial charge in [-0.15, -0.1) is 0 Å². The first kappa shape index (κ1) is 18.5. The molecule has 0 bridgehead atoms. The number of guanidine groups is 1. The third-order valence-electron chi connectivity index (χ3n) is 4.53. The summed E-state index contributed by atoms with van der Waals surface area (Å²) in [5.41, 5.74) is 0.893. The van der Waals surface area contributed by atoms with E-state index < -0.39 is 18.2 Å². The number of likely N-dealkylation sites (N-methyl/N-ethyl adjacent to an activating group) is 2. The molecule has 9 heteroatoms. The molecule has 2 aliphatic heterocycles. The van der Waals surface area contributed by atoms with Gasteiger partial charge in [-0.25, -0.2) is 4.79 Å². The molecule has 3 amide bonds. The summed E-state index contributed by atoms with van der Waals surface area (Å²) in [6.45, 7) is 1.78. The molecule has 2 fully saturated rings. The average Bonchev–Trinajstić information content (AvgIpc) is 2.94. The fourth-order valence-electron chi connectivity index (χ4n) is 3.06. The molecule has 140 valence electrons. The number of hydrogen-bond acceptors (Lipinski definition) is 4. The Hall–Kier alpha value is -2.32. The molecule has 8 nitrogen and oxygen atoms in total. The van der Waals surface area contributed by atoms with Gasteiger partial charge in [-0.1, -0.05) is 29.8 Å². The standard InChI is InChI=1S/C17H23ClN6O2/c1-22(2)9-8-19-16-20-14-13(15(25)21-17(26)23(14)3)24(16)10-11-6-4-5-7-12(11)18/h4-7,13-14H,8-10H2,1-3H3,(H,19,20)(H,21,25,26). The molecule has 0 spiro atoms. The van der Waals surface area contributed by atoms with Crippen molar-refractivity contribution >= 4 is 29.5 Å². The Labute approximate surface area is 157 Å². The van der Waals surface area contributed by atoms with Crippen LogP contribution in [0, 0.1) is 0 Å². The summed E-state index contributed by atoms with van der Waals surface area (Å²) in [7, 11) is 5.61. The van der Waals surface area contributed by atoms with Crippen LogP contribution in [0.25, 0.3) is 0 Å². The van der Waals surface area contributed by atoms with Crippen LogP contribution in [-0.2, 0) is 11.3 Å². The molecular weight excluding hydrogens is 356 g/mol. The number of aliphatic imine (C=N–C) groups is 1. The van der Waals surface area contributed by atoms with E-state index in [0.29, 0.717) is 24.1 Å². The van der Waals surface area contributed by atoms with Crippen LogP contribution in [0.5, 0.6) is 0 Å². The highest BCUT2D eigenvalue weighted by Gasteiger charge is 2.49. The van der Waals surface area contributed by atoms with E-state index >= 15 is 0 Å². The first-order valence-corrected chi connectivity index (χ1v) is 8.79. The van der Waals surface area contributed by atoms with Gasteiger partial charge in [-0.05, 0) is 25.7 Å². The van der Waals surface area contributed by atoms with Gasteiger partial charge in [0, 0.05) is 25.2 Å². The van der Waals surface area contributed by atoms with Gasteiger partial charge < -0.3 is 20.0 Å². The summed E-state index contributed by atoms with van der Waals surface area (Å²) in [6.07, 6.45) is -0.461. The van der Waals surface area contributed by atoms with Crippen LogP contribution >= 0.6 is 11.6 Å². The number of rotatable bonds is 5. The van der Waals surface area contributed by atoms with E-state index in [1.165, 1.54) is 4.90 Å². The van der Waals surface area contributed by atoms with Gasteiger partial charge in [0.25, 0.3) is 5.91 Å². The van der Waals surface area contributed by atoms with Crippen molar-refractivity contribution in [3.63, 3.8) is 0 Å². The van der Waals surface area contributed by atoms with E-state index in [9.17, 15) is 9.59 Å². The number of carbonyl (C=O) groups excluding carboxylic acids is 2. The minimum atomic E-state index is -0.563. The maximum absolute atomic E-state index is 12.5. The third kappa shape index (κ3) is 3.61. The number of nitrogens with zero attached hydrogens (tertiary/aromatic N) is 4. The maximum Gasteiger partial charge on any atom is 0.325 e. The fourth-order valence-corrected chi connectivity index (χ4v) is 3.25. The molecule has 2 unspecified atom stereocenters. The van der Waals surface area contributed by atoms with Crippen LogP contribution in [0.3, 0.4) is 0 Å². The second-order valence-electron chi connectivity index (χ2n) is 6.67. The molecule has 2 heterocycles. The van der Waals surface area contributed by atoms with Gasteiger partial charge in [0.2, 0.25) is 0 Å². The molecule has 3 rings (SSSR count). The monoisotopic (exact) mass is 378 g/mol. The first-order chi connectivity index (χ1) is 12.4. The van der Waals surface area contributed by atoms with Crippen molar-refractivity contribution in [2.75, 3.05) is 34.2 Å². The number of nitrogens with one attached hydrogen (secondary N) is 2. The van der Waals surface area contributed by atoms with Crippen LogP contribution in [0.4, 0.5) is 4.79 Å². The lowest BCUT2D eigenvalue weighted by atomic mass is 10.1. The smallest absolute Gasteiger partial charge is 0.325 e. The lowest BCUT2D eigenvalue weighted by Crippen LogP contribution is -2.64. The van der Waals surface area contributed by atoms with Crippen LogP contribution in [-0.4, -0.2) is 79.0 Å². The number of urea groups is 1. The van der Waals surface area contributed by atoms with Crippen molar-refractivity contribution < 1.29 is 9.59 Å². The van der Waals surface area contributed by atoms with Crippen molar-refractivity contribution in [1.82, 2.24) is 25.3 Å². The van der Waals surface area contributed by atoms with E-state index in [0.717, 1.165) is 12.1 Å². The molecule has 2 atom stereocenters. The number of hydrogen-bond donors (Lipinski definition) is 2. The summed E-state index contributed by atoms with van der Waals surface area (Å²) in [4.78, 5) is 34.5. The highest BCUT2D eigenvalue weighted by molar-refractivity contribution is 6.31. The SMILES string of the molecule is CN(C)CCN=C1NC2C(C(=O)NC(=O)N2C)N1Cc1ccccc1Cl.